The number of hydrogen-bond donors (Lipinski definition) is 1. The standard InChI is InChI=1S/C19H22FNO4/c1-3-16(25-18-7-5-4-6-17(18)23-2)19(22)21-12-13-24-15-10-8-14(20)9-11-15/h4-11,16H,3,12-13H2,1-2H3,(H,21,22). The first-order valence-electron chi connectivity index (χ1n) is 8.09. The quantitative estimate of drug-likeness (QED) is 0.708. The lowest BCUT2D eigenvalue weighted by Crippen LogP contribution is -2.39. The van der Waals surface area contributed by atoms with Crippen LogP contribution in [0.5, 0.6) is 17.2 Å². The maximum absolute atomic E-state index is 12.8. The van der Waals surface area contributed by atoms with E-state index in [9.17, 15) is 9.18 Å². The molecule has 1 amide bonds. The van der Waals surface area contributed by atoms with Gasteiger partial charge in [-0.3, -0.25) is 4.79 Å². The Balaban J connectivity index is 1.80. The fraction of sp³-hybridized carbons (Fsp3) is 0.316. The number of para-hydroxylation sites is 2. The number of carbonyl (C=O) groups is 1. The minimum atomic E-state index is -0.623. The highest BCUT2D eigenvalue weighted by atomic mass is 19.1. The Kier molecular flexibility index (Phi) is 7.07. The zero-order valence-corrected chi connectivity index (χ0v) is 14.3. The highest BCUT2D eigenvalue weighted by Gasteiger charge is 2.19. The Labute approximate surface area is 146 Å². The van der Waals surface area contributed by atoms with Crippen molar-refractivity contribution in [2.75, 3.05) is 20.3 Å². The van der Waals surface area contributed by atoms with Crippen molar-refractivity contribution >= 4 is 5.91 Å². The van der Waals surface area contributed by atoms with Crippen molar-refractivity contribution in [3.05, 3.63) is 54.3 Å². The maximum Gasteiger partial charge on any atom is 0.261 e. The van der Waals surface area contributed by atoms with E-state index < -0.39 is 6.10 Å². The van der Waals surface area contributed by atoms with E-state index in [4.69, 9.17) is 14.2 Å². The molecule has 1 unspecified atom stereocenters. The van der Waals surface area contributed by atoms with Crippen molar-refractivity contribution in [2.45, 2.75) is 19.4 Å². The molecule has 5 nitrogen and oxygen atoms in total. The molecule has 2 aromatic rings. The number of nitrogens with one attached hydrogen (secondary N) is 1. The summed E-state index contributed by atoms with van der Waals surface area (Å²) in [6.07, 6.45) is -0.106. The highest BCUT2D eigenvalue weighted by Crippen LogP contribution is 2.27. The van der Waals surface area contributed by atoms with Crippen LogP contribution in [0.15, 0.2) is 48.5 Å². The fourth-order valence-electron chi connectivity index (χ4n) is 2.18. The summed E-state index contributed by atoms with van der Waals surface area (Å²) in [7, 11) is 1.55. The average molecular weight is 347 g/mol. The molecule has 134 valence electrons. The number of halogens is 1. The second-order valence-electron chi connectivity index (χ2n) is 5.26. The predicted octanol–water partition coefficient (Wildman–Crippen LogP) is 3.19. The molecule has 0 aromatic heterocycles. The molecule has 0 aliphatic rings. The molecule has 6 heteroatoms. The molecular weight excluding hydrogens is 325 g/mol. The van der Waals surface area contributed by atoms with E-state index in [2.05, 4.69) is 5.32 Å². The van der Waals surface area contributed by atoms with Crippen LogP contribution in [0.4, 0.5) is 4.39 Å². The van der Waals surface area contributed by atoms with Gasteiger partial charge in [-0.25, -0.2) is 4.39 Å². The molecule has 0 saturated carbocycles. The Morgan fingerprint density at radius 3 is 2.44 bits per heavy atom. The van der Waals surface area contributed by atoms with E-state index in [-0.39, 0.29) is 18.3 Å². The molecule has 2 aromatic carbocycles. The number of methoxy groups -OCH3 is 1. The third kappa shape index (κ3) is 5.67. The summed E-state index contributed by atoms with van der Waals surface area (Å²) in [5, 5.41) is 2.77. The minimum absolute atomic E-state index is 0.226. The molecule has 0 fully saturated rings. The second kappa shape index (κ2) is 9.52. The SMILES string of the molecule is CCC(Oc1ccccc1OC)C(=O)NCCOc1ccc(F)cc1. The van der Waals surface area contributed by atoms with Crippen LogP contribution >= 0.6 is 0 Å². The third-order valence-electron chi connectivity index (χ3n) is 3.49. The lowest BCUT2D eigenvalue weighted by Gasteiger charge is -2.18. The smallest absolute Gasteiger partial charge is 0.261 e. The number of hydrogen-bond acceptors (Lipinski definition) is 4. The summed E-state index contributed by atoms with van der Waals surface area (Å²) in [5.41, 5.74) is 0. The molecule has 0 radical (unpaired) electrons. The average Bonchev–Trinajstić information content (AvgIpc) is 2.64. The van der Waals surface area contributed by atoms with Gasteiger partial charge < -0.3 is 19.5 Å². The van der Waals surface area contributed by atoms with Crippen molar-refractivity contribution < 1.29 is 23.4 Å². The van der Waals surface area contributed by atoms with Crippen molar-refractivity contribution in [1.29, 1.82) is 0 Å². The molecule has 1 atom stereocenters. The van der Waals surface area contributed by atoms with Crippen LogP contribution < -0.4 is 19.5 Å². The van der Waals surface area contributed by atoms with Gasteiger partial charge in [0.25, 0.3) is 5.91 Å². The van der Waals surface area contributed by atoms with E-state index in [1.807, 2.05) is 19.1 Å². The van der Waals surface area contributed by atoms with Gasteiger partial charge in [0.05, 0.1) is 13.7 Å². The molecule has 0 aliphatic carbocycles. The van der Waals surface area contributed by atoms with E-state index in [1.165, 1.54) is 24.3 Å². The molecule has 2 rings (SSSR count). The Morgan fingerprint density at radius 2 is 1.80 bits per heavy atom. The van der Waals surface area contributed by atoms with E-state index in [0.717, 1.165) is 0 Å². The monoisotopic (exact) mass is 347 g/mol. The van der Waals surface area contributed by atoms with E-state index in [0.29, 0.717) is 30.2 Å². The minimum Gasteiger partial charge on any atom is -0.493 e. The zero-order valence-electron chi connectivity index (χ0n) is 14.3. The summed E-state index contributed by atoms with van der Waals surface area (Å²) < 4.78 is 29.2. The Hall–Kier alpha value is -2.76. The molecule has 0 heterocycles. The van der Waals surface area contributed by atoms with Crippen molar-refractivity contribution in [2.24, 2.45) is 0 Å². The zero-order chi connectivity index (χ0) is 18.1. The molecule has 1 N–H and O–H groups in total. The number of ether oxygens (including phenoxy) is 3. The maximum atomic E-state index is 12.8. The van der Waals surface area contributed by atoms with Crippen molar-refractivity contribution in [3.63, 3.8) is 0 Å². The van der Waals surface area contributed by atoms with Gasteiger partial charge in [0.1, 0.15) is 18.2 Å². The summed E-state index contributed by atoms with van der Waals surface area (Å²) in [6.45, 7) is 2.47. The van der Waals surface area contributed by atoms with Crippen LogP contribution in [0.2, 0.25) is 0 Å². The molecule has 25 heavy (non-hydrogen) atoms. The van der Waals surface area contributed by atoms with Gasteiger partial charge in [-0.1, -0.05) is 19.1 Å². The highest BCUT2D eigenvalue weighted by molar-refractivity contribution is 5.81. The Bertz CT molecular complexity index is 675. The first-order valence-corrected chi connectivity index (χ1v) is 8.09. The van der Waals surface area contributed by atoms with Gasteiger partial charge in [-0.2, -0.15) is 0 Å². The van der Waals surface area contributed by atoms with Gasteiger partial charge in [-0.05, 0) is 42.8 Å². The van der Waals surface area contributed by atoms with Gasteiger partial charge in [0, 0.05) is 0 Å². The largest absolute Gasteiger partial charge is 0.493 e. The van der Waals surface area contributed by atoms with Crippen molar-refractivity contribution in [3.8, 4) is 17.2 Å². The molecule has 0 saturated heterocycles. The summed E-state index contributed by atoms with van der Waals surface area (Å²) in [5.74, 6) is 1.10. The summed E-state index contributed by atoms with van der Waals surface area (Å²) >= 11 is 0. The second-order valence-corrected chi connectivity index (χ2v) is 5.26. The number of rotatable bonds is 9. The van der Waals surface area contributed by atoms with Crippen LogP contribution in [0, 0.1) is 5.82 Å². The Morgan fingerprint density at radius 1 is 1.12 bits per heavy atom. The van der Waals surface area contributed by atoms with E-state index in [1.54, 1.807) is 19.2 Å². The van der Waals surface area contributed by atoms with Crippen LogP contribution in [0.1, 0.15) is 13.3 Å². The van der Waals surface area contributed by atoms with Gasteiger partial charge in [-0.15, -0.1) is 0 Å². The normalized spacial score (nSPS) is 11.5. The molecule has 0 aliphatic heterocycles. The van der Waals surface area contributed by atoms with Crippen LogP contribution in [0.3, 0.4) is 0 Å². The lowest BCUT2D eigenvalue weighted by atomic mass is 10.2. The predicted molar refractivity (Wildman–Crippen MR) is 92.6 cm³/mol. The van der Waals surface area contributed by atoms with Crippen LogP contribution in [-0.4, -0.2) is 32.3 Å². The molecule has 0 spiro atoms. The molecular formula is C19H22FNO4. The summed E-state index contributed by atoms with van der Waals surface area (Å²) in [6, 6.07) is 12.9. The van der Waals surface area contributed by atoms with Gasteiger partial charge >= 0.3 is 0 Å². The van der Waals surface area contributed by atoms with Gasteiger partial charge in [0.2, 0.25) is 0 Å². The number of benzene rings is 2. The van der Waals surface area contributed by atoms with Crippen molar-refractivity contribution in [1.82, 2.24) is 5.32 Å². The topological polar surface area (TPSA) is 56.8 Å². The first kappa shape index (κ1) is 18.6. The fourth-order valence-corrected chi connectivity index (χ4v) is 2.18. The third-order valence-corrected chi connectivity index (χ3v) is 3.49. The first-order chi connectivity index (χ1) is 12.1. The number of amides is 1. The van der Waals surface area contributed by atoms with Crippen LogP contribution in [0.25, 0.3) is 0 Å². The molecule has 0 bridgehead atoms. The van der Waals surface area contributed by atoms with Gasteiger partial charge in [0.15, 0.2) is 17.6 Å². The summed E-state index contributed by atoms with van der Waals surface area (Å²) in [4.78, 5) is 12.3. The van der Waals surface area contributed by atoms with E-state index >= 15 is 0 Å². The van der Waals surface area contributed by atoms with Crippen LogP contribution in [-0.2, 0) is 4.79 Å². The number of carbonyl (C=O) groups excluding carboxylic acids is 1. The lowest BCUT2D eigenvalue weighted by molar-refractivity contribution is -0.128.